The van der Waals surface area contributed by atoms with Crippen LogP contribution in [0.2, 0.25) is 0 Å². The van der Waals surface area contributed by atoms with Crippen LogP contribution in [0.25, 0.3) is 0 Å². The molecule has 0 aromatic heterocycles. The van der Waals surface area contributed by atoms with Crippen LogP contribution in [-0.2, 0) is 12.8 Å². The van der Waals surface area contributed by atoms with E-state index in [1.54, 1.807) is 0 Å². The Labute approximate surface area is 389 Å². The Bertz CT molecular complexity index is 1840. The number of methoxy groups -OCH3 is 1. The molecule has 0 saturated heterocycles. The number of hydrogen-bond donors (Lipinski definition) is 2. The fourth-order valence-corrected chi connectivity index (χ4v) is 7.87. The van der Waals surface area contributed by atoms with Crippen molar-refractivity contribution in [3.05, 3.63) is 133 Å². The Balaban J connectivity index is 2.32. The molecule has 0 bridgehead atoms. The minimum atomic E-state index is 0.131. The second-order valence-electron chi connectivity index (χ2n) is 19.0. The lowest BCUT2D eigenvalue weighted by atomic mass is 9.95. The molecule has 0 amide bonds. The lowest BCUT2D eigenvalue weighted by molar-refractivity contribution is 0.360. The van der Waals surface area contributed by atoms with Crippen LogP contribution in [0.5, 0.6) is 17.2 Å². The molecule has 0 atom stereocenters. The smallest absolute Gasteiger partial charge is 0.167 e. The van der Waals surface area contributed by atoms with Crippen LogP contribution < -0.4 is 4.74 Å². The van der Waals surface area contributed by atoms with Crippen molar-refractivity contribution in [3.8, 4) is 17.2 Å². The summed E-state index contributed by atoms with van der Waals surface area (Å²) in [6.07, 6.45) is 45.6. The van der Waals surface area contributed by atoms with Crippen molar-refractivity contribution in [1.29, 1.82) is 0 Å². The lowest BCUT2D eigenvalue weighted by Crippen LogP contribution is -1.99. The molecule has 3 heteroatoms. The van der Waals surface area contributed by atoms with Crippen molar-refractivity contribution in [2.24, 2.45) is 0 Å². The largest absolute Gasteiger partial charge is 0.507 e. The molecular formula is C60H94O3. The number of aromatic hydroxyl groups is 2. The molecule has 0 heterocycles. The average molecular weight is 863 g/mol. The third-order valence-electron chi connectivity index (χ3n) is 12.4. The summed E-state index contributed by atoms with van der Waals surface area (Å²) in [6.45, 7) is 28.6. The molecule has 0 saturated carbocycles. The quantitative estimate of drug-likeness (QED) is 0.0578. The summed E-state index contributed by atoms with van der Waals surface area (Å²) in [5.41, 5.74) is 16.9. The fraction of sp³-hybridized carbons (Fsp3) is 0.567. The lowest BCUT2D eigenvalue weighted by Gasteiger charge is -2.17. The Morgan fingerprint density at radius 1 is 0.381 bits per heavy atom. The highest BCUT2D eigenvalue weighted by Gasteiger charge is 2.20. The number of phenols is 2. The zero-order valence-corrected chi connectivity index (χ0v) is 43.2. The average Bonchev–Trinajstić information content (AvgIpc) is 3.21. The first-order valence-corrected chi connectivity index (χ1v) is 24.6. The third kappa shape index (κ3) is 26.4. The van der Waals surface area contributed by atoms with E-state index < -0.39 is 0 Å². The first-order chi connectivity index (χ1) is 30.0. The van der Waals surface area contributed by atoms with Crippen molar-refractivity contribution in [2.45, 2.75) is 218 Å². The van der Waals surface area contributed by atoms with Gasteiger partial charge in [-0.25, -0.2) is 0 Å². The molecule has 352 valence electrons. The fourth-order valence-electron chi connectivity index (χ4n) is 7.87. The van der Waals surface area contributed by atoms with Crippen LogP contribution in [0.3, 0.4) is 0 Å². The van der Waals surface area contributed by atoms with E-state index in [9.17, 15) is 10.2 Å². The second-order valence-corrected chi connectivity index (χ2v) is 19.0. The molecule has 63 heavy (non-hydrogen) atoms. The highest BCUT2D eigenvalue weighted by Crippen LogP contribution is 2.43. The SMILES string of the molecule is CCc1c(O)c(C/C=C(\C)CC/C=C(\C)CC/C=C(\C)CC/C=C(\C)CC/C=C(\C)CC/C=C(\C)CC/C=C(\C)CC/C=C(\C)CC/C=C(\C)CCC=C(C)C)c(C)c(O)c1OC. The Morgan fingerprint density at radius 3 is 0.873 bits per heavy atom. The van der Waals surface area contributed by atoms with Crippen LogP contribution in [0.15, 0.2) is 116 Å². The summed E-state index contributed by atoms with van der Waals surface area (Å²) in [7, 11) is 1.53. The van der Waals surface area contributed by atoms with E-state index in [4.69, 9.17) is 4.74 Å². The van der Waals surface area contributed by atoms with E-state index in [1.165, 1.54) is 82.1 Å². The molecule has 0 unspecified atom stereocenters. The van der Waals surface area contributed by atoms with Gasteiger partial charge in [0.05, 0.1) is 7.11 Å². The molecule has 0 fully saturated rings. The van der Waals surface area contributed by atoms with Crippen LogP contribution in [-0.4, -0.2) is 17.3 Å². The van der Waals surface area contributed by atoms with E-state index >= 15 is 0 Å². The van der Waals surface area contributed by atoms with Gasteiger partial charge in [0.25, 0.3) is 0 Å². The summed E-state index contributed by atoms with van der Waals surface area (Å²) in [5.74, 6) is 0.758. The van der Waals surface area contributed by atoms with Crippen molar-refractivity contribution in [3.63, 3.8) is 0 Å². The second kappa shape index (κ2) is 33.5. The van der Waals surface area contributed by atoms with Gasteiger partial charge in [-0.1, -0.05) is 123 Å². The molecule has 0 aliphatic carbocycles. The molecular weight excluding hydrogens is 769 g/mol. The van der Waals surface area contributed by atoms with Gasteiger partial charge in [-0.2, -0.15) is 0 Å². The predicted octanol–water partition coefficient (Wildman–Crippen LogP) is 19.0. The molecule has 3 nitrogen and oxygen atoms in total. The minimum absolute atomic E-state index is 0.131. The molecule has 1 aromatic rings. The van der Waals surface area contributed by atoms with Gasteiger partial charge in [-0.15, -0.1) is 0 Å². The summed E-state index contributed by atoms with van der Waals surface area (Å²) in [4.78, 5) is 0. The number of hydrogen-bond acceptors (Lipinski definition) is 3. The van der Waals surface area contributed by atoms with Crippen LogP contribution in [0, 0.1) is 6.92 Å². The maximum Gasteiger partial charge on any atom is 0.167 e. The molecule has 2 N–H and O–H groups in total. The van der Waals surface area contributed by atoms with Crippen molar-refractivity contribution in [1.82, 2.24) is 0 Å². The highest BCUT2D eigenvalue weighted by molar-refractivity contribution is 5.62. The van der Waals surface area contributed by atoms with Crippen LogP contribution in [0.1, 0.15) is 215 Å². The first kappa shape index (κ1) is 57.0. The van der Waals surface area contributed by atoms with Gasteiger partial charge in [-0.3, -0.25) is 0 Å². The molecule has 0 aliphatic heterocycles. The first-order valence-electron chi connectivity index (χ1n) is 24.6. The summed E-state index contributed by atoms with van der Waals surface area (Å²) >= 11 is 0. The zero-order chi connectivity index (χ0) is 47.2. The molecule has 1 aromatic carbocycles. The Hall–Kier alpha value is -3.98. The summed E-state index contributed by atoms with van der Waals surface area (Å²) < 4.78 is 5.37. The zero-order valence-electron chi connectivity index (χ0n) is 43.2. The topological polar surface area (TPSA) is 49.7 Å². The standard InChI is InChI=1S/C60H94O3/c1-15-56-59(62)57(55(13)58(61)60(56)63-14)44-43-54(12)42-24-41-53(11)40-23-39-52(10)38-22-37-51(9)36-21-35-50(8)34-20-33-49(7)32-19-31-48(6)30-18-29-47(5)28-17-27-46(4)26-16-25-45(2)3/h25,27,29,31,33,35,37,39,41,43,61-62H,15-24,26,28,30,32,34,36,38,40,42,44H2,1-14H3/b46-27+,47-29+,48-31+,49-33+,50-35+,51-37+,52-39+,53-41+,54-43+. The van der Waals surface area contributed by atoms with Crippen molar-refractivity contribution >= 4 is 0 Å². The number of rotatable bonds is 31. The van der Waals surface area contributed by atoms with Gasteiger partial charge in [0.1, 0.15) is 5.75 Å². The number of phenolic OH excluding ortho intramolecular Hbond substituents is 2. The van der Waals surface area contributed by atoms with Crippen LogP contribution in [0.4, 0.5) is 0 Å². The normalized spacial score (nSPS) is 14.2. The molecule has 0 aliphatic rings. The molecule has 0 spiro atoms. The van der Waals surface area contributed by atoms with E-state index in [0.29, 0.717) is 29.7 Å². The van der Waals surface area contributed by atoms with Gasteiger partial charge in [0.15, 0.2) is 11.5 Å². The number of benzene rings is 1. The third-order valence-corrected chi connectivity index (χ3v) is 12.4. The number of ether oxygens (including phenoxy) is 1. The summed E-state index contributed by atoms with van der Waals surface area (Å²) in [5, 5.41) is 21.5. The Kier molecular flexibility index (Phi) is 30.3. The minimum Gasteiger partial charge on any atom is -0.507 e. The van der Waals surface area contributed by atoms with Crippen molar-refractivity contribution < 1.29 is 14.9 Å². The number of allylic oxidation sites excluding steroid dienone is 20. The van der Waals surface area contributed by atoms with E-state index in [0.717, 1.165) is 102 Å². The van der Waals surface area contributed by atoms with Gasteiger partial charge in [-0.05, 0) is 212 Å². The Morgan fingerprint density at radius 2 is 0.635 bits per heavy atom. The van der Waals surface area contributed by atoms with E-state index in [2.05, 4.69) is 137 Å². The predicted molar refractivity (Wildman–Crippen MR) is 280 cm³/mol. The van der Waals surface area contributed by atoms with Gasteiger partial charge in [0, 0.05) is 16.7 Å². The van der Waals surface area contributed by atoms with Crippen molar-refractivity contribution in [2.75, 3.05) is 7.11 Å². The monoisotopic (exact) mass is 863 g/mol. The summed E-state index contributed by atoms with van der Waals surface area (Å²) in [6, 6.07) is 0. The van der Waals surface area contributed by atoms with Gasteiger partial charge < -0.3 is 14.9 Å². The van der Waals surface area contributed by atoms with Crippen LogP contribution >= 0.6 is 0 Å². The highest BCUT2D eigenvalue weighted by atomic mass is 16.5. The maximum absolute atomic E-state index is 10.9. The molecule has 0 radical (unpaired) electrons. The van der Waals surface area contributed by atoms with Gasteiger partial charge >= 0.3 is 0 Å². The molecule has 1 rings (SSSR count). The maximum atomic E-state index is 10.9. The van der Waals surface area contributed by atoms with Gasteiger partial charge in [0.2, 0.25) is 0 Å². The van der Waals surface area contributed by atoms with E-state index in [1.807, 2.05) is 13.8 Å². The van der Waals surface area contributed by atoms with E-state index in [-0.39, 0.29) is 11.5 Å².